The summed E-state index contributed by atoms with van der Waals surface area (Å²) in [4.78, 5) is 7.78. The normalized spacial score (nSPS) is 8.91. The molecule has 0 N–H and O–H groups in total. The van der Waals surface area contributed by atoms with Gasteiger partial charge in [-0.1, -0.05) is 13.8 Å². The average molecular weight is 497 g/mol. The van der Waals surface area contributed by atoms with Gasteiger partial charge in [-0.2, -0.15) is 25.5 Å². The van der Waals surface area contributed by atoms with E-state index in [1.807, 2.05) is 26.3 Å². The van der Waals surface area contributed by atoms with Crippen LogP contribution in [-0.4, -0.2) is 12.4 Å². The standard InChI is InChI=1S/C7H12N2.2Re/c1-3-8-6-5-7-9-4-2;;/h3-4,6-7H,5H2,1-2H3;;/q-2;;. The number of hydrogen-bond donors (Lipinski definition) is 0. The smallest absolute Gasteiger partial charge is 0 e. The van der Waals surface area contributed by atoms with Gasteiger partial charge in [0.1, 0.15) is 0 Å². The van der Waals surface area contributed by atoms with Crippen molar-refractivity contribution in [1.29, 1.82) is 0 Å². The molecule has 0 saturated carbocycles. The topological polar surface area (TPSA) is 24.7 Å². The van der Waals surface area contributed by atoms with Crippen molar-refractivity contribution in [1.82, 2.24) is 0 Å². The van der Waals surface area contributed by atoms with Gasteiger partial charge in [0, 0.05) is 40.8 Å². The molecular formula is C7H12N2Re2-2. The molecule has 0 atom stereocenters. The maximum atomic E-state index is 3.89. The SMILES string of the molecule is C[CH-]N=CCC=N[CH-]C.[Re].[Re]. The Labute approximate surface area is 96.3 Å². The molecule has 0 aliphatic heterocycles. The minimum atomic E-state index is 0. The van der Waals surface area contributed by atoms with Crippen LogP contribution < -0.4 is 0 Å². The monoisotopic (exact) mass is 498 g/mol. The third kappa shape index (κ3) is 17.9. The van der Waals surface area contributed by atoms with Crippen LogP contribution >= 0.6 is 0 Å². The molecule has 0 aromatic rings. The van der Waals surface area contributed by atoms with Crippen LogP contribution in [0.5, 0.6) is 0 Å². The van der Waals surface area contributed by atoms with Crippen LogP contribution in [0.3, 0.4) is 0 Å². The van der Waals surface area contributed by atoms with Crippen LogP contribution in [-0.2, 0) is 40.8 Å². The first-order chi connectivity index (χ1) is 4.41. The number of rotatable bonds is 4. The fourth-order valence-electron chi connectivity index (χ4n) is 0.380. The van der Waals surface area contributed by atoms with E-state index >= 15 is 0 Å². The number of nitrogens with zero attached hydrogens (tertiary/aromatic N) is 2. The second kappa shape index (κ2) is 16.8. The summed E-state index contributed by atoms with van der Waals surface area (Å²) in [7, 11) is 0. The molecule has 0 unspecified atom stereocenters. The van der Waals surface area contributed by atoms with Crippen molar-refractivity contribution in [2.24, 2.45) is 9.98 Å². The first kappa shape index (κ1) is 17.5. The van der Waals surface area contributed by atoms with E-state index in [0.717, 1.165) is 6.42 Å². The Morgan fingerprint density at radius 2 is 1.36 bits per heavy atom. The molecule has 0 bridgehead atoms. The molecule has 0 fully saturated rings. The van der Waals surface area contributed by atoms with Crippen molar-refractivity contribution in [2.75, 3.05) is 0 Å². The molecule has 2 nitrogen and oxygen atoms in total. The Hall–Kier alpha value is 0.405. The Morgan fingerprint density at radius 1 is 1.00 bits per heavy atom. The summed E-state index contributed by atoms with van der Waals surface area (Å²) in [6.07, 6.45) is 4.44. The van der Waals surface area contributed by atoms with E-state index in [1.54, 1.807) is 13.1 Å². The largest absolute Gasteiger partial charge is 0.459 e. The Kier molecular flexibility index (Phi) is 26.7. The second-order valence-electron chi connectivity index (χ2n) is 1.42. The molecular weight excluding hydrogens is 485 g/mol. The predicted octanol–water partition coefficient (Wildman–Crippen LogP) is 1.88. The summed E-state index contributed by atoms with van der Waals surface area (Å²) in [6, 6.07) is 0. The fraction of sp³-hybridized carbons (Fsp3) is 0.429. The van der Waals surface area contributed by atoms with Crippen LogP contribution in [0.15, 0.2) is 9.98 Å². The third-order valence-electron chi connectivity index (χ3n) is 0.720. The van der Waals surface area contributed by atoms with Crippen molar-refractivity contribution in [3.05, 3.63) is 13.1 Å². The summed E-state index contributed by atoms with van der Waals surface area (Å²) in [6.45, 7) is 7.28. The van der Waals surface area contributed by atoms with Gasteiger partial charge in [0.15, 0.2) is 0 Å². The molecule has 2 radical (unpaired) electrons. The second-order valence-corrected chi connectivity index (χ2v) is 1.42. The van der Waals surface area contributed by atoms with Crippen LogP contribution in [0.25, 0.3) is 0 Å². The number of aliphatic imine (C=N–C) groups is 2. The van der Waals surface area contributed by atoms with Gasteiger partial charge in [-0.25, -0.2) is 0 Å². The molecule has 0 aliphatic carbocycles. The van der Waals surface area contributed by atoms with Gasteiger partial charge in [-0.3, -0.25) is 0 Å². The molecule has 66 valence electrons. The summed E-state index contributed by atoms with van der Waals surface area (Å²) in [5.41, 5.74) is 0. The van der Waals surface area contributed by atoms with Gasteiger partial charge in [0.2, 0.25) is 0 Å². The zero-order chi connectivity index (χ0) is 6.95. The maximum Gasteiger partial charge on any atom is 0 e. The zero-order valence-corrected chi connectivity index (χ0v) is 12.1. The fourth-order valence-corrected chi connectivity index (χ4v) is 0.380. The first-order valence-electron chi connectivity index (χ1n) is 3.00. The summed E-state index contributed by atoms with van der Waals surface area (Å²) < 4.78 is 0. The molecule has 0 aromatic heterocycles. The van der Waals surface area contributed by atoms with E-state index in [-0.39, 0.29) is 40.8 Å². The number of hydrogen-bond acceptors (Lipinski definition) is 2. The van der Waals surface area contributed by atoms with Gasteiger partial charge in [-0.15, -0.1) is 6.42 Å². The van der Waals surface area contributed by atoms with E-state index in [2.05, 4.69) is 9.98 Å². The predicted molar refractivity (Wildman–Crippen MR) is 41.5 cm³/mol. The quantitative estimate of drug-likeness (QED) is 0.420. The van der Waals surface area contributed by atoms with Gasteiger partial charge in [-0.05, 0) is 0 Å². The van der Waals surface area contributed by atoms with Gasteiger partial charge >= 0.3 is 0 Å². The average Bonchev–Trinajstić information content (AvgIpc) is 1.89. The van der Waals surface area contributed by atoms with Crippen LogP contribution in [0.1, 0.15) is 20.3 Å². The van der Waals surface area contributed by atoms with Crippen molar-refractivity contribution in [2.45, 2.75) is 20.3 Å². The molecule has 11 heavy (non-hydrogen) atoms. The zero-order valence-electron chi connectivity index (χ0n) is 6.67. The molecule has 0 amide bonds. The van der Waals surface area contributed by atoms with Crippen molar-refractivity contribution in [3.8, 4) is 0 Å². The molecule has 4 heteroatoms. The summed E-state index contributed by atoms with van der Waals surface area (Å²) >= 11 is 0. The van der Waals surface area contributed by atoms with Gasteiger partial charge in [0.05, 0.1) is 0 Å². The third-order valence-corrected chi connectivity index (χ3v) is 0.720. The molecule has 0 heterocycles. The van der Waals surface area contributed by atoms with Gasteiger partial charge in [0.25, 0.3) is 0 Å². The van der Waals surface area contributed by atoms with Crippen LogP contribution in [0.2, 0.25) is 0 Å². The minimum Gasteiger partial charge on any atom is -0.459 e. The van der Waals surface area contributed by atoms with Crippen molar-refractivity contribution in [3.63, 3.8) is 0 Å². The Balaban J connectivity index is -0.000000320. The maximum absolute atomic E-state index is 3.89. The molecule has 0 aromatic carbocycles. The summed E-state index contributed by atoms with van der Waals surface area (Å²) in [5, 5.41) is 0. The van der Waals surface area contributed by atoms with E-state index in [1.165, 1.54) is 0 Å². The van der Waals surface area contributed by atoms with Crippen LogP contribution in [0, 0.1) is 13.1 Å². The van der Waals surface area contributed by atoms with E-state index in [0.29, 0.717) is 0 Å². The minimum absolute atomic E-state index is 0. The Bertz CT molecular complexity index is 90.6. The molecule has 0 rings (SSSR count). The van der Waals surface area contributed by atoms with Crippen molar-refractivity contribution < 1.29 is 40.8 Å². The van der Waals surface area contributed by atoms with Crippen LogP contribution in [0.4, 0.5) is 0 Å². The molecule has 0 spiro atoms. The molecule has 0 aliphatic rings. The Morgan fingerprint density at radius 3 is 1.64 bits per heavy atom. The van der Waals surface area contributed by atoms with E-state index in [4.69, 9.17) is 0 Å². The van der Waals surface area contributed by atoms with E-state index < -0.39 is 0 Å². The molecule has 0 saturated heterocycles. The van der Waals surface area contributed by atoms with E-state index in [9.17, 15) is 0 Å². The summed E-state index contributed by atoms with van der Waals surface area (Å²) in [5.74, 6) is 0. The first-order valence-corrected chi connectivity index (χ1v) is 3.00. The van der Waals surface area contributed by atoms with Gasteiger partial charge < -0.3 is 9.98 Å². The van der Waals surface area contributed by atoms with Crippen molar-refractivity contribution >= 4 is 12.4 Å².